The molecule has 7 nitrogen and oxygen atoms in total. The molecule has 0 unspecified atom stereocenters. The average molecular weight is 423 g/mol. The van der Waals surface area contributed by atoms with Crippen LogP contribution in [0.4, 0.5) is 42.0 Å². The third kappa shape index (κ3) is 3.91. The van der Waals surface area contributed by atoms with E-state index in [4.69, 9.17) is 0 Å². The van der Waals surface area contributed by atoms with E-state index in [-0.39, 0.29) is 11.8 Å². The number of H-pyrrole nitrogens is 1. The van der Waals surface area contributed by atoms with Gasteiger partial charge in [0.2, 0.25) is 5.95 Å². The molecule has 0 aliphatic carbocycles. The Hall–Kier alpha value is -3.95. The summed E-state index contributed by atoms with van der Waals surface area (Å²) in [5, 5.41) is 13.2. The fourth-order valence-electron chi connectivity index (χ4n) is 3.40. The van der Waals surface area contributed by atoms with Crippen molar-refractivity contribution in [2.45, 2.75) is 19.0 Å². The van der Waals surface area contributed by atoms with Crippen molar-refractivity contribution in [2.24, 2.45) is 4.99 Å². The number of halogens is 3. The Morgan fingerprint density at radius 3 is 2.68 bits per heavy atom. The molecule has 3 heterocycles. The van der Waals surface area contributed by atoms with Crippen LogP contribution in [0.2, 0.25) is 0 Å². The van der Waals surface area contributed by atoms with Crippen molar-refractivity contribution in [1.82, 2.24) is 20.2 Å². The zero-order chi connectivity index (χ0) is 21.4. The van der Waals surface area contributed by atoms with Gasteiger partial charge in [-0.3, -0.25) is 10.1 Å². The quantitative estimate of drug-likeness (QED) is 0.403. The molecule has 0 spiro atoms. The van der Waals surface area contributed by atoms with Crippen molar-refractivity contribution < 1.29 is 13.2 Å². The van der Waals surface area contributed by atoms with E-state index in [1.807, 2.05) is 18.3 Å². The number of aromatic amines is 1. The third-order valence-electron chi connectivity index (χ3n) is 4.91. The second-order valence-electron chi connectivity index (χ2n) is 7.07. The zero-order valence-corrected chi connectivity index (χ0v) is 16.0. The van der Waals surface area contributed by atoms with Crippen LogP contribution in [0.15, 0.2) is 53.8 Å². The molecule has 0 fully saturated rings. The first-order valence-corrected chi connectivity index (χ1v) is 9.52. The zero-order valence-electron chi connectivity index (χ0n) is 16.0. The molecule has 156 valence electrons. The minimum Gasteiger partial charge on any atom is -0.340 e. The Labute approximate surface area is 174 Å². The van der Waals surface area contributed by atoms with Gasteiger partial charge in [0.05, 0.1) is 17.4 Å². The monoisotopic (exact) mass is 423 g/mol. The first-order valence-electron chi connectivity index (χ1n) is 9.52. The summed E-state index contributed by atoms with van der Waals surface area (Å²) < 4.78 is 40.6. The lowest BCUT2D eigenvalue weighted by atomic mass is 10.0. The molecule has 1 aliphatic heterocycles. The molecule has 0 amide bonds. The second-order valence-corrected chi connectivity index (χ2v) is 7.07. The number of nitrogens with one attached hydrogen (secondary N) is 3. The fourth-order valence-corrected chi connectivity index (χ4v) is 3.40. The molecule has 0 saturated heterocycles. The predicted octanol–water partition coefficient (Wildman–Crippen LogP) is 5.51. The van der Waals surface area contributed by atoms with Crippen LogP contribution in [-0.2, 0) is 12.6 Å². The number of rotatable bonds is 4. The van der Waals surface area contributed by atoms with E-state index in [9.17, 15) is 13.2 Å². The minimum absolute atomic E-state index is 0.0548. The number of aliphatic imine (C=N–C) groups is 1. The van der Waals surface area contributed by atoms with Crippen LogP contribution in [0.25, 0.3) is 10.9 Å². The molecular weight excluding hydrogens is 407 g/mol. The van der Waals surface area contributed by atoms with Gasteiger partial charge in [-0.2, -0.15) is 23.3 Å². The van der Waals surface area contributed by atoms with E-state index in [1.165, 1.54) is 0 Å². The van der Waals surface area contributed by atoms with Gasteiger partial charge in [0.15, 0.2) is 0 Å². The Kier molecular flexibility index (Phi) is 4.54. The summed E-state index contributed by atoms with van der Waals surface area (Å²) in [4.78, 5) is 12.3. The molecule has 5 rings (SSSR count). The van der Waals surface area contributed by atoms with Crippen LogP contribution in [0.1, 0.15) is 17.5 Å². The van der Waals surface area contributed by atoms with Crippen LogP contribution in [0.3, 0.4) is 0 Å². The molecule has 2 aromatic heterocycles. The lowest BCUT2D eigenvalue weighted by Crippen LogP contribution is -2.12. The van der Waals surface area contributed by atoms with Crippen molar-refractivity contribution in [2.75, 3.05) is 10.6 Å². The van der Waals surface area contributed by atoms with Gasteiger partial charge in [-0.05, 0) is 54.8 Å². The summed E-state index contributed by atoms with van der Waals surface area (Å²) in [5.41, 5.74) is 2.92. The molecule has 0 atom stereocenters. The standard InChI is InChI=1S/C21H16F3N7/c22-21(23,24)16-11-26-20(29-15-3-5-17-12(8-15)2-1-7-25-17)30-19(16)28-14-4-6-18-13(9-14)10-27-31-18/h3-11H,1-2H2,(H,27,31)(H2,26,28,29,30). The van der Waals surface area contributed by atoms with Crippen LogP contribution < -0.4 is 10.6 Å². The predicted molar refractivity (Wildman–Crippen MR) is 113 cm³/mol. The molecule has 0 radical (unpaired) electrons. The minimum atomic E-state index is -4.61. The van der Waals surface area contributed by atoms with Crippen LogP contribution >= 0.6 is 0 Å². The average Bonchev–Trinajstić information content (AvgIpc) is 3.21. The van der Waals surface area contributed by atoms with Gasteiger partial charge < -0.3 is 10.6 Å². The summed E-state index contributed by atoms with van der Waals surface area (Å²) in [5.74, 6) is -0.283. The van der Waals surface area contributed by atoms with E-state index in [0.717, 1.165) is 41.2 Å². The van der Waals surface area contributed by atoms with Crippen molar-refractivity contribution in [3.05, 3.63) is 59.9 Å². The Morgan fingerprint density at radius 2 is 1.81 bits per heavy atom. The maximum Gasteiger partial charge on any atom is 0.421 e. The Balaban J connectivity index is 1.47. The van der Waals surface area contributed by atoms with E-state index < -0.39 is 11.7 Å². The summed E-state index contributed by atoms with van der Waals surface area (Å²) in [7, 11) is 0. The highest BCUT2D eigenvalue weighted by atomic mass is 19.4. The second kappa shape index (κ2) is 7.38. The number of aromatic nitrogens is 4. The maximum atomic E-state index is 13.5. The van der Waals surface area contributed by atoms with Crippen LogP contribution in [0, 0.1) is 0 Å². The maximum absolute atomic E-state index is 13.5. The Bertz CT molecular complexity index is 1290. The van der Waals surface area contributed by atoms with Gasteiger partial charge in [0, 0.05) is 29.2 Å². The number of aryl methyl sites for hydroxylation is 1. The van der Waals surface area contributed by atoms with Crippen molar-refractivity contribution in [3.8, 4) is 0 Å². The number of hydrogen-bond donors (Lipinski definition) is 3. The molecule has 4 aromatic rings. The molecule has 3 N–H and O–H groups in total. The molecule has 2 aromatic carbocycles. The topological polar surface area (TPSA) is 90.9 Å². The van der Waals surface area contributed by atoms with E-state index in [0.29, 0.717) is 11.4 Å². The number of nitrogens with zero attached hydrogens (tertiary/aromatic N) is 4. The van der Waals surface area contributed by atoms with Gasteiger partial charge in [-0.15, -0.1) is 0 Å². The molecule has 1 aliphatic rings. The summed E-state index contributed by atoms with van der Waals surface area (Å²) in [6, 6.07) is 10.6. The van der Waals surface area contributed by atoms with Gasteiger partial charge in [-0.1, -0.05) is 0 Å². The summed E-state index contributed by atoms with van der Waals surface area (Å²) in [6.45, 7) is 0. The first-order chi connectivity index (χ1) is 15.0. The molecule has 0 saturated carbocycles. The smallest absolute Gasteiger partial charge is 0.340 e. The lowest BCUT2D eigenvalue weighted by Gasteiger charge is -2.16. The highest BCUT2D eigenvalue weighted by Gasteiger charge is 2.35. The van der Waals surface area contributed by atoms with Gasteiger partial charge in [0.25, 0.3) is 0 Å². The van der Waals surface area contributed by atoms with Crippen molar-refractivity contribution >= 4 is 45.9 Å². The SMILES string of the molecule is FC(F)(F)c1cnc(Nc2ccc3c(c2)CCC=N3)nc1Nc1ccc2[nH]ncc2c1. The van der Waals surface area contributed by atoms with E-state index in [1.54, 1.807) is 30.5 Å². The largest absolute Gasteiger partial charge is 0.421 e. The third-order valence-corrected chi connectivity index (χ3v) is 4.91. The summed E-state index contributed by atoms with van der Waals surface area (Å²) >= 11 is 0. The normalized spacial score (nSPS) is 13.3. The number of benzene rings is 2. The van der Waals surface area contributed by atoms with Gasteiger partial charge in [0.1, 0.15) is 11.4 Å². The molecule has 10 heteroatoms. The van der Waals surface area contributed by atoms with Crippen molar-refractivity contribution in [1.29, 1.82) is 0 Å². The van der Waals surface area contributed by atoms with Gasteiger partial charge >= 0.3 is 6.18 Å². The lowest BCUT2D eigenvalue weighted by molar-refractivity contribution is -0.137. The van der Waals surface area contributed by atoms with Gasteiger partial charge in [-0.25, -0.2) is 4.98 Å². The van der Waals surface area contributed by atoms with E-state index >= 15 is 0 Å². The number of fused-ring (bicyclic) bond motifs is 2. The summed E-state index contributed by atoms with van der Waals surface area (Å²) in [6.07, 6.45) is 1.33. The van der Waals surface area contributed by atoms with Crippen molar-refractivity contribution in [3.63, 3.8) is 0 Å². The van der Waals surface area contributed by atoms with Crippen LogP contribution in [0.5, 0.6) is 0 Å². The first kappa shape index (κ1) is 19.0. The Morgan fingerprint density at radius 1 is 0.968 bits per heavy atom. The highest BCUT2D eigenvalue weighted by Crippen LogP contribution is 2.36. The number of hydrogen-bond acceptors (Lipinski definition) is 6. The molecule has 0 bridgehead atoms. The number of anilines is 4. The fraction of sp³-hybridized carbons (Fsp3) is 0.143. The molecular formula is C21H16F3N7. The highest BCUT2D eigenvalue weighted by molar-refractivity contribution is 5.83. The van der Waals surface area contributed by atoms with Crippen LogP contribution in [-0.4, -0.2) is 26.4 Å². The number of alkyl halides is 3. The molecule has 31 heavy (non-hydrogen) atoms. The van der Waals surface area contributed by atoms with E-state index in [2.05, 4.69) is 35.8 Å².